The second-order valence-electron chi connectivity index (χ2n) is 6.34. The van der Waals surface area contributed by atoms with Gasteiger partial charge in [-0.25, -0.2) is 4.79 Å². The first-order valence-electron chi connectivity index (χ1n) is 8.49. The summed E-state index contributed by atoms with van der Waals surface area (Å²) < 4.78 is 5.51. The third-order valence-corrected chi connectivity index (χ3v) is 4.33. The molecule has 2 N–H and O–H groups in total. The zero-order chi connectivity index (χ0) is 16.7. The van der Waals surface area contributed by atoms with Crippen LogP contribution in [0.5, 0.6) is 5.75 Å². The van der Waals surface area contributed by atoms with Crippen LogP contribution in [0.3, 0.4) is 0 Å². The topological polar surface area (TPSA) is 61.8 Å². The summed E-state index contributed by atoms with van der Waals surface area (Å²) in [5.74, 6) is 1.18. The summed E-state index contributed by atoms with van der Waals surface area (Å²) in [6.07, 6.45) is 3.36. The minimum absolute atomic E-state index is 0.000334. The summed E-state index contributed by atoms with van der Waals surface area (Å²) >= 11 is 0. The van der Waals surface area contributed by atoms with Crippen LogP contribution in [0.4, 0.5) is 4.79 Å². The number of aliphatic hydroxyl groups excluding tert-OH is 1. The number of ether oxygens (including phenoxy) is 1. The van der Waals surface area contributed by atoms with Crippen molar-refractivity contribution in [3.63, 3.8) is 0 Å². The van der Waals surface area contributed by atoms with E-state index in [-0.39, 0.29) is 19.2 Å². The Labute approximate surface area is 138 Å². The van der Waals surface area contributed by atoms with Crippen LogP contribution in [0.1, 0.15) is 38.7 Å². The van der Waals surface area contributed by atoms with E-state index in [4.69, 9.17) is 9.84 Å². The predicted molar refractivity (Wildman–Crippen MR) is 90.4 cm³/mol. The van der Waals surface area contributed by atoms with Crippen molar-refractivity contribution in [1.29, 1.82) is 0 Å². The molecule has 2 amide bonds. The lowest BCUT2D eigenvalue weighted by Gasteiger charge is -2.38. The smallest absolute Gasteiger partial charge is 0.317 e. The molecule has 1 unspecified atom stereocenters. The number of nitrogens with zero attached hydrogens (tertiary/aromatic N) is 1. The van der Waals surface area contributed by atoms with Gasteiger partial charge in [0, 0.05) is 24.7 Å². The fraction of sp³-hybridized carbons (Fsp3) is 0.611. The number of hydrogen-bond acceptors (Lipinski definition) is 3. The number of piperidine rings is 1. The highest BCUT2D eigenvalue weighted by molar-refractivity contribution is 5.74. The number of nitrogens with one attached hydrogen (secondary N) is 1. The Balaban J connectivity index is 1.96. The molecule has 0 radical (unpaired) electrons. The fourth-order valence-corrected chi connectivity index (χ4v) is 3.12. The molecule has 23 heavy (non-hydrogen) atoms. The normalized spacial score (nSPS) is 18.1. The molecule has 1 fully saturated rings. The van der Waals surface area contributed by atoms with Crippen molar-refractivity contribution in [2.24, 2.45) is 5.92 Å². The average molecular weight is 320 g/mol. The lowest BCUT2D eigenvalue weighted by atomic mass is 9.93. The molecule has 1 saturated heterocycles. The number of hydrogen-bond donors (Lipinski definition) is 2. The molecule has 0 aliphatic carbocycles. The number of carbonyl (C=O) groups is 1. The first-order valence-corrected chi connectivity index (χ1v) is 8.49. The number of likely N-dealkylation sites (tertiary alicyclic amines) is 1. The molecule has 1 aliphatic rings. The van der Waals surface area contributed by atoms with E-state index in [1.54, 1.807) is 0 Å². The van der Waals surface area contributed by atoms with Crippen molar-refractivity contribution in [1.82, 2.24) is 10.2 Å². The van der Waals surface area contributed by atoms with Gasteiger partial charge in [0.05, 0.1) is 6.61 Å². The lowest BCUT2D eigenvalue weighted by Crippen LogP contribution is -2.50. The second-order valence-corrected chi connectivity index (χ2v) is 6.34. The predicted octanol–water partition coefficient (Wildman–Crippen LogP) is 2.78. The molecular formula is C18H28N2O3. The maximum absolute atomic E-state index is 12.5. The molecule has 128 valence electrons. The highest BCUT2D eigenvalue weighted by Gasteiger charge is 2.28. The molecule has 1 aliphatic heterocycles. The zero-order valence-electron chi connectivity index (χ0n) is 14.1. The van der Waals surface area contributed by atoms with Crippen molar-refractivity contribution < 1.29 is 14.6 Å². The third kappa shape index (κ3) is 4.86. The molecule has 1 aromatic rings. The molecule has 0 bridgehead atoms. The van der Waals surface area contributed by atoms with Crippen LogP contribution in [-0.4, -0.2) is 41.8 Å². The number of rotatable bonds is 6. The quantitative estimate of drug-likeness (QED) is 0.847. The number of amides is 2. The van der Waals surface area contributed by atoms with E-state index in [2.05, 4.69) is 19.2 Å². The SMILES string of the molecule is CC(C)C1CCCCN1C(=O)NCc1ccccc1OCCO. The van der Waals surface area contributed by atoms with E-state index in [0.29, 0.717) is 24.3 Å². The highest BCUT2D eigenvalue weighted by Crippen LogP contribution is 2.23. The summed E-state index contributed by atoms with van der Waals surface area (Å²) in [6.45, 7) is 5.85. The molecule has 5 heteroatoms. The first kappa shape index (κ1) is 17.6. The first-order chi connectivity index (χ1) is 11.1. The van der Waals surface area contributed by atoms with Crippen LogP contribution in [0.15, 0.2) is 24.3 Å². The van der Waals surface area contributed by atoms with E-state index < -0.39 is 0 Å². The van der Waals surface area contributed by atoms with Gasteiger partial charge in [0.25, 0.3) is 0 Å². The molecule has 1 aromatic carbocycles. The van der Waals surface area contributed by atoms with Crippen molar-refractivity contribution >= 4 is 6.03 Å². The zero-order valence-corrected chi connectivity index (χ0v) is 14.1. The van der Waals surface area contributed by atoms with Crippen LogP contribution >= 0.6 is 0 Å². The largest absolute Gasteiger partial charge is 0.491 e. The Kier molecular flexibility index (Phi) is 6.71. The van der Waals surface area contributed by atoms with Crippen molar-refractivity contribution in [2.45, 2.75) is 45.7 Å². The van der Waals surface area contributed by atoms with Crippen LogP contribution in [0.2, 0.25) is 0 Å². The molecule has 0 spiro atoms. The number of carbonyl (C=O) groups excluding carboxylic acids is 1. The summed E-state index contributed by atoms with van der Waals surface area (Å²) in [5, 5.41) is 11.9. The van der Waals surface area contributed by atoms with Crippen LogP contribution in [0.25, 0.3) is 0 Å². The van der Waals surface area contributed by atoms with Gasteiger partial charge in [-0.15, -0.1) is 0 Å². The Morgan fingerprint density at radius 3 is 2.91 bits per heavy atom. The van der Waals surface area contributed by atoms with E-state index in [0.717, 1.165) is 24.9 Å². The maximum atomic E-state index is 12.5. The van der Waals surface area contributed by atoms with Crippen molar-refractivity contribution in [3.05, 3.63) is 29.8 Å². The lowest BCUT2D eigenvalue weighted by molar-refractivity contribution is 0.127. The van der Waals surface area contributed by atoms with Gasteiger partial charge in [-0.3, -0.25) is 0 Å². The minimum atomic E-state index is -0.0233. The standard InChI is InChI=1S/C18H28N2O3/c1-14(2)16-8-5-6-10-20(16)18(22)19-13-15-7-3-4-9-17(15)23-12-11-21/h3-4,7,9,14,16,21H,5-6,8,10-13H2,1-2H3,(H,19,22). The van der Waals surface area contributed by atoms with Crippen LogP contribution in [-0.2, 0) is 6.54 Å². The Morgan fingerprint density at radius 1 is 1.39 bits per heavy atom. The molecule has 1 atom stereocenters. The van der Waals surface area contributed by atoms with E-state index in [1.807, 2.05) is 29.2 Å². The van der Waals surface area contributed by atoms with Gasteiger partial charge in [0.15, 0.2) is 0 Å². The third-order valence-electron chi connectivity index (χ3n) is 4.33. The molecule has 0 saturated carbocycles. The molecule has 5 nitrogen and oxygen atoms in total. The summed E-state index contributed by atoms with van der Waals surface area (Å²) in [4.78, 5) is 14.5. The number of aliphatic hydroxyl groups is 1. The molecular weight excluding hydrogens is 292 g/mol. The van der Waals surface area contributed by atoms with Crippen LogP contribution < -0.4 is 10.1 Å². The van der Waals surface area contributed by atoms with E-state index in [1.165, 1.54) is 6.42 Å². The Morgan fingerprint density at radius 2 is 2.17 bits per heavy atom. The van der Waals surface area contributed by atoms with Gasteiger partial charge < -0.3 is 20.1 Å². The number of para-hydroxylation sites is 1. The van der Waals surface area contributed by atoms with Gasteiger partial charge in [0.2, 0.25) is 0 Å². The molecule has 0 aromatic heterocycles. The molecule has 2 rings (SSSR count). The summed E-state index contributed by atoms with van der Waals surface area (Å²) in [5.41, 5.74) is 0.924. The molecule has 1 heterocycles. The van der Waals surface area contributed by atoms with Crippen molar-refractivity contribution in [2.75, 3.05) is 19.8 Å². The monoisotopic (exact) mass is 320 g/mol. The van der Waals surface area contributed by atoms with Gasteiger partial charge >= 0.3 is 6.03 Å². The summed E-state index contributed by atoms with van der Waals surface area (Å²) in [7, 11) is 0. The van der Waals surface area contributed by atoms with Gasteiger partial charge in [-0.05, 0) is 31.2 Å². The van der Waals surface area contributed by atoms with Gasteiger partial charge in [-0.2, -0.15) is 0 Å². The second kappa shape index (κ2) is 8.77. The Bertz CT molecular complexity index is 505. The van der Waals surface area contributed by atoms with Gasteiger partial charge in [0.1, 0.15) is 12.4 Å². The summed E-state index contributed by atoms with van der Waals surface area (Å²) in [6, 6.07) is 7.92. The average Bonchev–Trinajstić information content (AvgIpc) is 2.58. The number of urea groups is 1. The van der Waals surface area contributed by atoms with E-state index >= 15 is 0 Å². The maximum Gasteiger partial charge on any atom is 0.317 e. The van der Waals surface area contributed by atoms with E-state index in [9.17, 15) is 4.79 Å². The fourth-order valence-electron chi connectivity index (χ4n) is 3.12. The van der Waals surface area contributed by atoms with Crippen LogP contribution in [0, 0.1) is 5.92 Å². The highest BCUT2D eigenvalue weighted by atomic mass is 16.5. The van der Waals surface area contributed by atoms with Gasteiger partial charge in [-0.1, -0.05) is 32.0 Å². The minimum Gasteiger partial charge on any atom is -0.491 e. The van der Waals surface area contributed by atoms with Crippen molar-refractivity contribution in [3.8, 4) is 5.75 Å². The number of benzene rings is 1. The Hall–Kier alpha value is -1.75.